The number of hydrogen-bond acceptors (Lipinski definition) is 5. The summed E-state index contributed by atoms with van der Waals surface area (Å²) in [5.74, 6) is 0.298. The van der Waals surface area contributed by atoms with Gasteiger partial charge in [-0.1, -0.05) is 26.0 Å². The van der Waals surface area contributed by atoms with Crippen LogP contribution in [0, 0.1) is 0 Å². The zero-order valence-electron chi connectivity index (χ0n) is 17.5. The fraction of sp³-hybridized carbons (Fsp3) is 0.409. The number of anilines is 1. The Morgan fingerprint density at radius 3 is 2.47 bits per heavy atom. The van der Waals surface area contributed by atoms with Crippen molar-refractivity contribution in [3.63, 3.8) is 0 Å². The summed E-state index contributed by atoms with van der Waals surface area (Å²) >= 11 is 0. The summed E-state index contributed by atoms with van der Waals surface area (Å²) in [7, 11) is 1.54. The zero-order chi connectivity index (χ0) is 21.7. The van der Waals surface area contributed by atoms with Crippen molar-refractivity contribution in [3.05, 3.63) is 58.0 Å². The lowest BCUT2D eigenvalue weighted by Crippen LogP contribution is -2.41. The Morgan fingerprint density at radius 1 is 1.17 bits per heavy atom. The lowest BCUT2D eigenvalue weighted by Gasteiger charge is -2.27. The first kappa shape index (κ1) is 21.6. The van der Waals surface area contributed by atoms with Crippen molar-refractivity contribution in [2.24, 2.45) is 7.05 Å². The topological polar surface area (TPSA) is 89.9 Å². The fourth-order valence-corrected chi connectivity index (χ4v) is 3.15. The minimum atomic E-state index is -0.476. The average Bonchev–Trinajstić information content (AvgIpc) is 2.75. The van der Waals surface area contributed by atoms with Crippen molar-refractivity contribution in [2.45, 2.75) is 19.8 Å². The number of aromatic nitrogens is 1. The van der Waals surface area contributed by atoms with Crippen molar-refractivity contribution >= 4 is 17.5 Å². The van der Waals surface area contributed by atoms with Gasteiger partial charge in [0.25, 0.3) is 17.4 Å². The van der Waals surface area contributed by atoms with Crippen LogP contribution in [-0.4, -0.2) is 54.2 Å². The van der Waals surface area contributed by atoms with Gasteiger partial charge in [-0.05, 0) is 29.7 Å². The second-order valence-electron chi connectivity index (χ2n) is 7.52. The van der Waals surface area contributed by atoms with E-state index in [0.717, 1.165) is 0 Å². The maximum Gasteiger partial charge on any atom is 0.274 e. The smallest absolute Gasteiger partial charge is 0.274 e. The Balaban J connectivity index is 1.66. The van der Waals surface area contributed by atoms with Gasteiger partial charge in [0.15, 0.2) is 6.61 Å². The predicted molar refractivity (Wildman–Crippen MR) is 113 cm³/mol. The third kappa shape index (κ3) is 5.27. The maximum atomic E-state index is 12.7. The van der Waals surface area contributed by atoms with Crippen molar-refractivity contribution < 1.29 is 19.1 Å². The van der Waals surface area contributed by atoms with E-state index in [0.29, 0.717) is 43.5 Å². The first-order valence-electron chi connectivity index (χ1n) is 9.95. The molecule has 30 heavy (non-hydrogen) atoms. The molecule has 8 heteroatoms. The average molecular weight is 413 g/mol. The molecule has 2 amide bonds. The van der Waals surface area contributed by atoms with Gasteiger partial charge in [-0.3, -0.25) is 14.4 Å². The van der Waals surface area contributed by atoms with Crippen LogP contribution in [0.4, 0.5) is 5.69 Å². The van der Waals surface area contributed by atoms with Crippen LogP contribution in [0.15, 0.2) is 41.3 Å². The number of rotatable bonds is 6. The molecule has 1 saturated heterocycles. The van der Waals surface area contributed by atoms with E-state index in [1.807, 2.05) is 24.3 Å². The summed E-state index contributed by atoms with van der Waals surface area (Å²) < 4.78 is 12.1. The van der Waals surface area contributed by atoms with Gasteiger partial charge in [0.1, 0.15) is 11.4 Å². The summed E-state index contributed by atoms with van der Waals surface area (Å²) in [6.45, 7) is 5.90. The lowest BCUT2D eigenvalue weighted by molar-refractivity contribution is -0.118. The fourth-order valence-electron chi connectivity index (χ4n) is 3.15. The van der Waals surface area contributed by atoms with Gasteiger partial charge < -0.3 is 24.3 Å². The number of morpholine rings is 1. The van der Waals surface area contributed by atoms with Crippen LogP contribution in [0.3, 0.4) is 0 Å². The van der Waals surface area contributed by atoms with Crippen molar-refractivity contribution in [1.29, 1.82) is 0 Å². The number of aryl methyl sites for hydroxylation is 1. The normalized spacial score (nSPS) is 13.9. The van der Waals surface area contributed by atoms with E-state index in [1.165, 1.54) is 22.4 Å². The number of carbonyl (C=O) groups excluding carboxylic acids is 2. The number of hydrogen-bond donors (Lipinski definition) is 1. The minimum Gasteiger partial charge on any atom is -0.484 e. The number of amides is 2. The number of benzene rings is 1. The number of carbonyl (C=O) groups is 2. The summed E-state index contributed by atoms with van der Waals surface area (Å²) in [6.07, 6.45) is 1.47. The molecule has 1 aromatic carbocycles. The van der Waals surface area contributed by atoms with E-state index in [9.17, 15) is 14.4 Å². The molecule has 0 aliphatic carbocycles. The monoisotopic (exact) mass is 413 g/mol. The van der Waals surface area contributed by atoms with E-state index >= 15 is 0 Å². The molecule has 1 aromatic heterocycles. The molecular weight excluding hydrogens is 386 g/mol. The highest BCUT2D eigenvalue weighted by molar-refractivity contribution is 5.97. The summed E-state index contributed by atoms with van der Waals surface area (Å²) in [5, 5.41) is 2.56. The zero-order valence-corrected chi connectivity index (χ0v) is 17.5. The molecule has 0 saturated carbocycles. The Kier molecular flexibility index (Phi) is 6.89. The summed E-state index contributed by atoms with van der Waals surface area (Å²) in [4.78, 5) is 39.1. The molecule has 2 heterocycles. The Bertz CT molecular complexity index is 960. The van der Waals surface area contributed by atoms with E-state index in [-0.39, 0.29) is 18.2 Å². The van der Waals surface area contributed by atoms with Crippen LogP contribution >= 0.6 is 0 Å². The van der Waals surface area contributed by atoms with Gasteiger partial charge in [-0.25, -0.2) is 0 Å². The molecule has 160 valence electrons. The number of nitrogens with zero attached hydrogens (tertiary/aromatic N) is 2. The van der Waals surface area contributed by atoms with Crippen LogP contribution in [-0.2, 0) is 16.6 Å². The van der Waals surface area contributed by atoms with Crippen LogP contribution in [0.2, 0.25) is 0 Å². The SMILES string of the molecule is CC(C)c1ccc(OCC(=O)Nc2cc(C(=O)N3CCOCC3)cn(C)c2=O)cc1. The summed E-state index contributed by atoms with van der Waals surface area (Å²) in [6, 6.07) is 8.94. The number of nitrogens with one attached hydrogen (secondary N) is 1. The minimum absolute atomic E-state index is 0.0420. The van der Waals surface area contributed by atoms with Crippen LogP contribution in [0.5, 0.6) is 5.75 Å². The van der Waals surface area contributed by atoms with Crippen molar-refractivity contribution in [1.82, 2.24) is 9.47 Å². The molecule has 0 bridgehead atoms. The molecule has 0 unspecified atom stereocenters. The second kappa shape index (κ2) is 9.58. The molecule has 3 rings (SSSR count). The third-order valence-electron chi connectivity index (χ3n) is 4.92. The molecule has 1 fully saturated rings. The largest absolute Gasteiger partial charge is 0.484 e. The second-order valence-corrected chi connectivity index (χ2v) is 7.52. The number of pyridine rings is 1. The highest BCUT2D eigenvalue weighted by Gasteiger charge is 2.20. The van der Waals surface area contributed by atoms with Crippen LogP contribution < -0.4 is 15.6 Å². The molecule has 0 atom stereocenters. The van der Waals surface area contributed by atoms with E-state index in [2.05, 4.69) is 19.2 Å². The molecule has 0 radical (unpaired) electrons. The Morgan fingerprint density at radius 2 is 1.83 bits per heavy atom. The van der Waals surface area contributed by atoms with Gasteiger partial charge in [0.05, 0.1) is 18.8 Å². The molecule has 1 N–H and O–H groups in total. The van der Waals surface area contributed by atoms with Gasteiger partial charge in [0, 0.05) is 26.3 Å². The summed E-state index contributed by atoms with van der Waals surface area (Å²) in [5.41, 5.74) is 1.15. The third-order valence-corrected chi connectivity index (χ3v) is 4.92. The molecule has 8 nitrogen and oxygen atoms in total. The quantitative estimate of drug-likeness (QED) is 0.782. The number of ether oxygens (including phenoxy) is 2. The Labute approximate surface area is 175 Å². The molecule has 2 aromatic rings. The first-order valence-corrected chi connectivity index (χ1v) is 9.95. The molecule has 1 aliphatic heterocycles. The predicted octanol–water partition coefficient (Wildman–Crippen LogP) is 2.00. The van der Waals surface area contributed by atoms with Crippen molar-refractivity contribution in [2.75, 3.05) is 38.2 Å². The maximum absolute atomic E-state index is 12.7. The van der Waals surface area contributed by atoms with Gasteiger partial charge in [-0.2, -0.15) is 0 Å². The van der Waals surface area contributed by atoms with Crippen molar-refractivity contribution in [3.8, 4) is 5.75 Å². The lowest BCUT2D eigenvalue weighted by atomic mass is 10.0. The van der Waals surface area contributed by atoms with Gasteiger partial charge >= 0.3 is 0 Å². The van der Waals surface area contributed by atoms with Crippen LogP contribution in [0.1, 0.15) is 35.7 Å². The standard InChI is InChI=1S/C22H27N3O5/c1-15(2)16-4-6-18(7-5-16)30-14-20(26)23-19-12-17(13-24(3)22(19)28)21(27)25-8-10-29-11-9-25/h4-7,12-13,15H,8-11,14H2,1-3H3,(H,23,26). The molecular formula is C22H27N3O5. The highest BCUT2D eigenvalue weighted by atomic mass is 16.5. The van der Waals surface area contributed by atoms with E-state index in [1.54, 1.807) is 11.9 Å². The Hall–Kier alpha value is -3.13. The van der Waals surface area contributed by atoms with Gasteiger partial charge in [0.2, 0.25) is 0 Å². The van der Waals surface area contributed by atoms with Crippen LogP contribution in [0.25, 0.3) is 0 Å². The first-order chi connectivity index (χ1) is 14.3. The van der Waals surface area contributed by atoms with E-state index < -0.39 is 11.5 Å². The van der Waals surface area contributed by atoms with E-state index in [4.69, 9.17) is 9.47 Å². The molecule has 0 spiro atoms. The molecule has 1 aliphatic rings. The highest BCUT2D eigenvalue weighted by Crippen LogP contribution is 2.18. The van der Waals surface area contributed by atoms with Gasteiger partial charge in [-0.15, -0.1) is 0 Å².